The lowest BCUT2D eigenvalue weighted by Gasteiger charge is -2.09. The van der Waals surface area contributed by atoms with Crippen molar-refractivity contribution in [1.82, 2.24) is 4.98 Å². The van der Waals surface area contributed by atoms with Crippen LogP contribution in [0.5, 0.6) is 10.9 Å². The van der Waals surface area contributed by atoms with Crippen molar-refractivity contribution in [1.29, 1.82) is 0 Å². The fourth-order valence-electron chi connectivity index (χ4n) is 3.08. The third-order valence-electron chi connectivity index (χ3n) is 4.91. The van der Waals surface area contributed by atoms with Crippen molar-refractivity contribution in [3.8, 4) is 22.2 Å². The zero-order valence-electron chi connectivity index (χ0n) is 19.4. The van der Waals surface area contributed by atoms with Crippen molar-refractivity contribution in [3.63, 3.8) is 0 Å². The van der Waals surface area contributed by atoms with E-state index >= 15 is 0 Å². The highest BCUT2D eigenvalue weighted by Crippen LogP contribution is 2.33. The van der Waals surface area contributed by atoms with Crippen LogP contribution in [0.3, 0.4) is 0 Å². The second kappa shape index (κ2) is 11.4. The molecule has 2 aromatic carbocycles. The second-order valence-corrected chi connectivity index (χ2v) is 9.15. The summed E-state index contributed by atoms with van der Waals surface area (Å²) in [6.07, 6.45) is -8.73. The molecule has 0 bridgehead atoms. The molecule has 0 radical (unpaired) electrons. The minimum Gasteiger partial charge on any atom is -0.428 e. The Bertz CT molecular complexity index is 1320. The van der Waals surface area contributed by atoms with Crippen LogP contribution in [0.4, 0.5) is 26.3 Å². The fourth-order valence-corrected chi connectivity index (χ4v) is 3.80. The number of rotatable bonds is 4. The van der Waals surface area contributed by atoms with Crippen LogP contribution in [0.25, 0.3) is 11.3 Å². The van der Waals surface area contributed by atoms with Crippen LogP contribution < -0.4 is 10.2 Å². The number of nitrogens with zero attached hydrogens (tertiary/aromatic N) is 1. The molecule has 2 N–H and O–H groups in total. The summed E-state index contributed by atoms with van der Waals surface area (Å²) in [5.74, 6) is 0.423. The number of alkyl halides is 6. The molecule has 0 saturated carbocycles. The number of hydrogen-bond donors (Lipinski definition) is 2. The molecule has 0 fully saturated rings. The Kier molecular flexibility index (Phi) is 8.67. The van der Waals surface area contributed by atoms with E-state index in [1.165, 1.54) is 23.5 Å². The SMILES string of the molecule is Cc1cc(Oc2ccc(C)s2)nc(-c2ccc(C(F)(F)F)cc2)c1.OB(O)c1ccc(C(F)(F)F)cc1. The zero-order chi connectivity index (χ0) is 27.4. The molecule has 2 aromatic heterocycles. The first kappa shape index (κ1) is 28.2. The van der Waals surface area contributed by atoms with E-state index in [0.717, 1.165) is 51.9 Å². The van der Waals surface area contributed by atoms with Gasteiger partial charge in [-0.3, -0.25) is 0 Å². The highest BCUT2D eigenvalue weighted by atomic mass is 32.1. The highest BCUT2D eigenvalue weighted by Gasteiger charge is 2.31. The molecule has 0 aliphatic rings. The maximum Gasteiger partial charge on any atom is 0.488 e. The standard InChI is InChI=1S/C18H14F3NOS.C7H6BF3O2/c1-11-9-15(13-4-6-14(7-5-13)18(19,20)21)22-16(10-11)23-17-8-3-12(2)24-17;9-7(10,11)5-1-3-6(4-2-5)8(12)13/h3-10H,1-2H3;1-4,12-13H. The summed E-state index contributed by atoms with van der Waals surface area (Å²) in [5.41, 5.74) is 0.656. The van der Waals surface area contributed by atoms with Crippen LogP contribution in [-0.2, 0) is 12.4 Å². The first-order valence-electron chi connectivity index (χ1n) is 10.7. The summed E-state index contributed by atoms with van der Waals surface area (Å²) < 4.78 is 79.7. The molecule has 4 nitrogen and oxygen atoms in total. The Balaban J connectivity index is 0.000000248. The number of aromatic nitrogens is 1. The number of benzene rings is 2. The monoisotopic (exact) mass is 539 g/mol. The molecular weight excluding hydrogens is 519 g/mol. The third-order valence-corrected chi connectivity index (χ3v) is 5.79. The molecule has 0 aliphatic heterocycles. The van der Waals surface area contributed by atoms with E-state index < -0.39 is 30.6 Å². The van der Waals surface area contributed by atoms with Crippen molar-refractivity contribution in [2.24, 2.45) is 0 Å². The maximum absolute atomic E-state index is 12.7. The summed E-state index contributed by atoms with van der Waals surface area (Å²) in [6.45, 7) is 3.87. The Morgan fingerprint density at radius 3 is 1.76 bits per heavy atom. The summed E-state index contributed by atoms with van der Waals surface area (Å²) >= 11 is 1.51. The van der Waals surface area contributed by atoms with E-state index in [9.17, 15) is 26.3 Å². The Hall–Kier alpha value is -3.35. The van der Waals surface area contributed by atoms with Crippen molar-refractivity contribution in [3.05, 3.63) is 94.4 Å². The fraction of sp³-hybridized carbons (Fsp3) is 0.160. The van der Waals surface area contributed by atoms with Gasteiger partial charge in [0, 0.05) is 16.5 Å². The van der Waals surface area contributed by atoms with Crippen LogP contribution in [-0.4, -0.2) is 22.2 Å². The van der Waals surface area contributed by atoms with Crippen LogP contribution in [0.15, 0.2) is 72.8 Å². The van der Waals surface area contributed by atoms with Gasteiger partial charge in [-0.1, -0.05) is 36.4 Å². The third kappa shape index (κ3) is 8.07. The largest absolute Gasteiger partial charge is 0.488 e. The molecule has 0 aliphatic carbocycles. The minimum atomic E-state index is -4.39. The predicted molar refractivity (Wildman–Crippen MR) is 130 cm³/mol. The van der Waals surface area contributed by atoms with E-state index in [4.69, 9.17) is 14.8 Å². The van der Waals surface area contributed by atoms with E-state index in [0.29, 0.717) is 17.1 Å². The zero-order valence-corrected chi connectivity index (χ0v) is 20.2. The summed E-state index contributed by atoms with van der Waals surface area (Å²) in [4.78, 5) is 5.53. The summed E-state index contributed by atoms with van der Waals surface area (Å²) in [5, 5.41) is 17.9. The molecule has 0 atom stereocenters. The van der Waals surface area contributed by atoms with Gasteiger partial charge in [0.1, 0.15) is 0 Å². The lowest BCUT2D eigenvalue weighted by Crippen LogP contribution is -2.29. The van der Waals surface area contributed by atoms with Gasteiger partial charge >= 0.3 is 19.5 Å². The number of ether oxygens (including phenoxy) is 1. The average Bonchev–Trinajstić information content (AvgIpc) is 3.22. The molecule has 4 rings (SSSR count). The molecule has 37 heavy (non-hydrogen) atoms. The lowest BCUT2D eigenvalue weighted by atomic mass is 9.80. The highest BCUT2D eigenvalue weighted by molar-refractivity contribution is 7.13. The van der Waals surface area contributed by atoms with Crippen molar-refractivity contribution in [2.45, 2.75) is 26.2 Å². The number of hydrogen-bond acceptors (Lipinski definition) is 5. The Morgan fingerprint density at radius 1 is 0.757 bits per heavy atom. The molecular formula is C25H20BF6NO3S. The number of thiophene rings is 1. The van der Waals surface area contributed by atoms with Gasteiger partial charge in [0.25, 0.3) is 0 Å². The quantitative estimate of drug-likeness (QED) is 0.226. The Labute approximate surface area is 213 Å². The van der Waals surface area contributed by atoms with Crippen LogP contribution >= 0.6 is 11.3 Å². The molecule has 12 heteroatoms. The van der Waals surface area contributed by atoms with Crippen LogP contribution in [0, 0.1) is 13.8 Å². The van der Waals surface area contributed by atoms with Gasteiger partial charge in [-0.25, -0.2) is 4.98 Å². The second-order valence-electron chi connectivity index (χ2n) is 7.90. The number of aryl methyl sites for hydroxylation is 2. The minimum absolute atomic E-state index is 0.0352. The molecule has 0 unspecified atom stereocenters. The van der Waals surface area contributed by atoms with E-state index in [-0.39, 0.29) is 5.46 Å². The van der Waals surface area contributed by atoms with E-state index in [1.807, 2.05) is 32.0 Å². The van der Waals surface area contributed by atoms with Gasteiger partial charge in [-0.05, 0) is 55.2 Å². The Morgan fingerprint density at radius 2 is 1.30 bits per heavy atom. The van der Waals surface area contributed by atoms with E-state index in [2.05, 4.69) is 4.98 Å². The number of halogens is 6. The first-order valence-corrected chi connectivity index (χ1v) is 11.5. The lowest BCUT2D eigenvalue weighted by molar-refractivity contribution is -0.138. The van der Waals surface area contributed by atoms with Crippen molar-refractivity contribution >= 4 is 23.9 Å². The number of pyridine rings is 1. The maximum atomic E-state index is 12.7. The van der Waals surface area contributed by atoms with Crippen molar-refractivity contribution < 1.29 is 41.1 Å². The predicted octanol–water partition coefficient (Wildman–Crippen LogP) is 6.62. The van der Waals surface area contributed by atoms with Gasteiger partial charge < -0.3 is 14.8 Å². The average molecular weight is 539 g/mol. The van der Waals surface area contributed by atoms with E-state index in [1.54, 1.807) is 6.07 Å². The molecule has 0 amide bonds. The van der Waals surface area contributed by atoms with Gasteiger partial charge in [-0.15, -0.1) is 11.3 Å². The van der Waals surface area contributed by atoms with Crippen molar-refractivity contribution in [2.75, 3.05) is 0 Å². The van der Waals surface area contributed by atoms with Gasteiger partial charge in [-0.2, -0.15) is 26.3 Å². The normalized spacial score (nSPS) is 11.5. The first-order chi connectivity index (χ1) is 17.2. The summed E-state index contributed by atoms with van der Waals surface area (Å²) in [6, 6.07) is 16.0. The molecule has 194 valence electrons. The molecule has 4 aromatic rings. The smallest absolute Gasteiger partial charge is 0.428 e. The summed E-state index contributed by atoms with van der Waals surface area (Å²) in [7, 11) is -1.73. The van der Waals surface area contributed by atoms with Gasteiger partial charge in [0.2, 0.25) is 5.88 Å². The topological polar surface area (TPSA) is 62.6 Å². The van der Waals surface area contributed by atoms with Crippen LogP contribution in [0.1, 0.15) is 21.6 Å². The molecule has 0 spiro atoms. The van der Waals surface area contributed by atoms with Gasteiger partial charge in [0.15, 0.2) is 5.06 Å². The molecule has 0 saturated heterocycles. The van der Waals surface area contributed by atoms with Crippen LogP contribution in [0.2, 0.25) is 0 Å². The van der Waals surface area contributed by atoms with Gasteiger partial charge in [0.05, 0.1) is 16.8 Å². The molecule has 2 heterocycles.